The summed E-state index contributed by atoms with van der Waals surface area (Å²) in [6.07, 6.45) is 0. The van der Waals surface area contributed by atoms with E-state index in [4.69, 9.17) is 17.0 Å². The largest absolute Gasteiger partial charge is 0.494 e. The second kappa shape index (κ2) is 10.7. The molecule has 0 aliphatic rings. The fourth-order valence-corrected chi connectivity index (χ4v) is 3.89. The van der Waals surface area contributed by atoms with Gasteiger partial charge in [-0.15, -0.1) is 0 Å². The molecule has 32 heavy (non-hydrogen) atoms. The van der Waals surface area contributed by atoms with Crippen LogP contribution in [-0.4, -0.2) is 22.5 Å². The Morgan fingerprint density at radius 3 is 2.62 bits per heavy atom. The summed E-state index contributed by atoms with van der Waals surface area (Å²) >= 11 is 6.82. The maximum Gasteiger partial charge on any atom is 0.296 e. The maximum absolute atomic E-state index is 13.1. The van der Waals surface area contributed by atoms with Crippen molar-refractivity contribution in [1.82, 2.24) is 5.32 Å². The number of carbonyl (C=O) groups is 1. The highest BCUT2D eigenvalue weighted by Crippen LogP contribution is 2.29. The molecule has 10 heteroatoms. The Labute approximate surface area is 194 Å². The zero-order valence-electron chi connectivity index (χ0n) is 17.5. The molecule has 0 bridgehead atoms. The fourth-order valence-electron chi connectivity index (χ4n) is 2.97. The topological polar surface area (TPSA) is 106 Å². The first-order chi connectivity index (χ1) is 15.4. The molecule has 0 spiro atoms. The number of nitrogens with zero attached hydrogens (tertiary/aromatic N) is 1. The number of aryl methyl sites for hydroxylation is 1. The van der Waals surface area contributed by atoms with Crippen LogP contribution in [0.5, 0.6) is 5.75 Å². The lowest BCUT2D eigenvalue weighted by atomic mass is 10.1. The summed E-state index contributed by atoms with van der Waals surface area (Å²) in [5.74, 6) is 0.0837. The van der Waals surface area contributed by atoms with Crippen LogP contribution in [-0.2, 0) is 4.79 Å². The van der Waals surface area contributed by atoms with E-state index in [0.717, 1.165) is 11.1 Å². The van der Waals surface area contributed by atoms with Crippen LogP contribution >= 0.6 is 23.6 Å². The summed E-state index contributed by atoms with van der Waals surface area (Å²) in [5, 5.41) is 24.0. The number of nitro benzene ring substituents is 1. The number of carbonyl (C=O) groups excluding carboxylic acids is 1. The van der Waals surface area contributed by atoms with Gasteiger partial charge in [0.2, 0.25) is 0 Å². The Hall–Kier alpha value is -3.50. The standard InChI is InChI=1S/C22H22N4O4S2/c1-3-30-16-8-9-18(19(12-16)26(28)29)24-22(31)25-20(15-10-11-32-13-15)21(27)23-17-7-5-4-6-14(17)2/h4-13,20H,3H2,1-2H3,(H,23,27)(H2,24,25,31). The van der Waals surface area contributed by atoms with E-state index in [9.17, 15) is 14.9 Å². The van der Waals surface area contributed by atoms with Crippen molar-refractivity contribution in [2.24, 2.45) is 0 Å². The number of hydrogen-bond acceptors (Lipinski definition) is 6. The summed E-state index contributed by atoms with van der Waals surface area (Å²) in [5.41, 5.74) is 2.36. The van der Waals surface area contributed by atoms with Gasteiger partial charge in [0.1, 0.15) is 17.5 Å². The molecule has 3 rings (SSSR count). The van der Waals surface area contributed by atoms with Gasteiger partial charge < -0.3 is 20.7 Å². The highest BCUT2D eigenvalue weighted by Gasteiger charge is 2.24. The monoisotopic (exact) mass is 470 g/mol. The number of ether oxygens (including phenoxy) is 1. The van der Waals surface area contributed by atoms with E-state index in [2.05, 4.69) is 16.0 Å². The molecule has 0 fully saturated rings. The van der Waals surface area contributed by atoms with Crippen LogP contribution in [0.2, 0.25) is 0 Å². The van der Waals surface area contributed by atoms with E-state index in [1.807, 2.05) is 48.0 Å². The molecule has 0 saturated carbocycles. The van der Waals surface area contributed by atoms with Gasteiger partial charge in [0, 0.05) is 5.69 Å². The number of thiocarbonyl (C=S) groups is 1. The Morgan fingerprint density at radius 1 is 1.19 bits per heavy atom. The van der Waals surface area contributed by atoms with Gasteiger partial charge in [-0.05, 0) is 72.2 Å². The molecular weight excluding hydrogens is 448 g/mol. The lowest BCUT2D eigenvalue weighted by Crippen LogP contribution is -2.39. The van der Waals surface area contributed by atoms with Gasteiger partial charge >= 0.3 is 0 Å². The number of thiophene rings is 1. The van der Waals surface area contributed by atoms with Crippen molar-refractivity contribution in [2.45, 2.75) is 19.9 Å². The van der Waals surface area contributed by atoms with Gasteiger partial charge in [-0.25, -0.2) is 0 Å². The second-order valence-corrected chi connectivity index (χ2v) is 7.95. The van der Waals surface area contributed by atoms with Crippen LogP contribution in [0, 0.1) is 17.0 Å². The third kappa shape index (κ3) is 5.80. The second-order valence-electron chi connectivity index (χ2n) is 6.76. The molecule has 1 heterocycles. The van der Waals surface area contributed by atoms with E-state index in [1.165, 1.54) is 23.5 Å². The first kappa shape index (κ1) is 23.2. The number of para-hydroxylation sites is 1. The van der Waals surface area contributed by atoms with Crippen LogP contribution in [0.4, 0.5) is 17.1 Å². The van der Waals surface area contributed by atoms with E-state index in [1.54, 1.807) is 13.0 Å². The third-order valence-electron chi connectivity index (χ3n) is 4.54. The molecule has 0 aliphatic heterocycles. The number of nitrogens with one attached hydrogen (secondary N) is 3. The highest BCUT2D eigenvalue weighted by atomic mass is 32.1. The number of anilines is 2. The minimum absolute atomic E-state index is 0.0772. The van der Waals surface area contributed by atoms with Crippen molar-refractivity contribution in [3.05, 3.63) is 80.5 Å². The van der Waals surface area contributed by atoms with Crippen LogP contribution < -0.4 is 20.7 Å². The molecule has 1 aromatic heterocycles. The Bertz CT molecular complexity index is 1120. The highest BCUT2D eigenvalue weighted by molar-refractivity contribution is 7.80. The molecule has 0 saturated heterocycles. The van der Waals surface area contributed by atoms with Gasteiger partial charge in [-0.1, -0.05) is 18.2 Å². The Balaban J connectivity index is 1.79. The van der Waals surface area contributed by atoms with Crippen LogP contribution in [0.25, 0.3) is 0 Å². The molecular formula is C22H22N4O4S2. The molecule has 3 aromatic rings. The number of amides is 1. The number of hydrogen-bond donors (Lipinski definition) is 3. The van der Waals surface area contributed by atoms with Crippen molar-refractivity contribution >= 4 is 51.6 Å². The van der Waals surface area contributed by atoms with E-state index in [-0.39, 0.29) is 22.4 Å². The average Bonchev–Trinajstić information content (AvgIpc) is 3.29. The van der Waals surface area contributed by atoms with Gasteiger partial charge in [0.25, 0.3) is 11.6 Å². The van der Waals surface area contributed by atoms with Crippen LogP contribution in [0.1, 0.15) is 24.1 Å². The van der Waals surface area contributed by atoms with Crippen molar-refractivity contribution < 1.29 is 14.5 Å². The van der Waals surface area contributed by atoms with Gasteiger partial charge in [0.05, 0.1) is 17.6 Å². The average molecular weight is 471 g/mol. The first-order valence-electron chi connectivity index (χ1n) is 9.76. The van der Waals surface area contributed by atoms with Gasteiger partial charge in [0.15, 0.2) is 5.11 Å². The molecule has 2 aromatic carbocycles. The summed E-state index contributed by atoms with van der Waals surface area (Å²) in [4.78, 5) is 24.0. The summed E-state index contributed by atoms with van der Waals surface area (Å²) in [6, 6.07) is 12.9. The fraction of sp³-hybridized carbons (Fsp3) is 0.182. The molecule has 0 radical (unpaired) electrons. The molecule has 166 valence electrons. The normalized spacial score (nSPS) is 11.3. The quantitative estimate of drug-likeness (QED) is 0.241. The smallest absolute Gasteiger partial charge is 0.296 e. The Kier molecular flexibility index (Phi) is 7.74. The van der Waals surface area contributed by atoms with Crippen molar-refractivity contribution in [3.63, 3.8) is 0 Å². The van der Waals surface area contributed by atoms with Gasteiger partial charge in [-0.3, -0.25) is 14.9 Å². The van der Waals surface area contributed by atoms with E-state index < -0.39 is 11.0 Å². The lowest BCUT2D eigenvalue weighted by molar-refractivity contribution is -0.384. The van der Waals surface area contributed by atoms with Crippen molar-refractivity contribution in [3.8, 4) is 5.75 Å². The predicted octanol–water partition coefficient (Wildman–Crippen LogP) is 5.03. The number of benzene rings is 2. The zero-order chi connectivity index (χ0) is 23.1. The van der Waals surface area contributed by atoms with Crippen LogP contribution in [0.15, 0.2) is 59.3 Å². The maximum atomic E-state index is 13.1. The van der Waals surface area contributed by atoms with Crippen molar-refractivity contribution in [1.29, 1.82) is 0 Å². The minimum Gasteiger partial charge on any atom is -0.494 e. The minimum atomic E-state index is -0.789. The Morgan fingerprint density at radius 2 is 1.97 bits per heavy atom. The van der Waals surface area contributed by atoms with Crippen molar-refractivity contribution in [2.75, 3.05) is 17.2 Å². The van der Waals surface area contributed by atoms with E-state index in [0.29, 0.717) is 18.0 Å². The van der Waals surface area contributed by atoms with Crippen LogP contribution in [0.3, 0.4) is 0 Å². The lowest BCUT2D eigenvalue weighted by Gasteiger charge is -2.20. The van der Waals surface area contributed by atoms with E-state index >= 15 is 0 Å². The molecule has 1 amide bonds. The summed E-state index contributed by atoms with van der Waals surface area (Å²) in [6.45, 7) is 4.09. The third-order valence-corrected chi connectivity index (χ3v) is 5.46. The SMILES string of the molecule is CCOc1ccc(NC(=S)NC(C(=O)Nc2ccccc2C)c2ccsc2)c([N+](=O)[O-])c1. The van der Waals surface area contributed by atoms with Gasteiger partial charge in [-0.2, -0.15) is 11.3 Å². The zero-order valence-corrected chi connectivity index (χ0v) is 19.1. The molecule has 3 N–H and O–H groups in total. The predicted molar refractivity (Wildman–Crippen MR) is 130 cm³/mol. The number of nitro groups is 1. The first-order valence-corrected chi connectivity index (χ1v) is 11.1. The summed E-state index contributed by atoms with van der Waals surface area (Å²) in [7, 11) is 0. The molecule has 0 aliphatic carbocycles. The molecule has 1 atom stereocenters. The molecule has 1 unspecified atom stereocenters. The summed E-state index contributed by atoms with van der Waals surface area (Å²) < 4.78 is 5.34. The number of rotatable bonds is 8. The molecule has 8 nitrogen and oxygen atoms in total.